The minimum atomic E-state index is -3.91. The van der Waals surface area contributed by atoms with Gasteiger partial charge in [0.1, 0.15) is 5.82 Å². The second-order valence-corrected chi connectivity index (χ2v) is 10.7. The number of benzene rings is 2. The third kappa shape index (κ3) is 3.78. The number of fused-ring (bicyclic) bond motifs is 1. The number of nitrogens with zero attached hydrogens (tertiary/aromatic N) is 1. The van der Waals surface area contributed by atoms with Crippen LogP contribution in [0.5, 0.6) is 0 Å². The van der Waals surface area contributed by atoms with E-state index in [4.69, 9.17) is 4.74 Å². The lowest BCUT2D eigenvalue weighted by Crippen LogP contribution is -2.14. The molecule has 1 aliphatic carbocycles. The van der Waals surface area contributed by atoms with Crippen LogP contribution in [0.2, 0.25) is 0 Å². The predicted octanol–water partition coefficient (Wildman–Crippen LogP) is 4.39. The van der Waals surface area contributed by atoms with Crippen LogP contribution < -0.4 is 5.32 Å². The first kappa shape index (κ1) is 21.4. The highest BCUT2D eigenvalue weighted by molar-refractivity contribution is 7.90. The number of halogens is 1. The second kappa shape index (κ2) is 8.46. The molecule has 2 unspecified atom stereocenters. The van der Waals surface area contributed by atoms with Gasteiger partial charge in [-0.15, -0.1) is 0 Å². The molecule has 1 aromatic heterocycles. The van der Waals surface area contributed by atoms with Crippen molar-refractivity contribution in [1.82, 2.24) is 9.29 Å². The Bertz CT molecular complexity index is 1230. The molecule has 2 heterocycles. The summed E-state index contributed by atoms with van der Waals surface area (Å²) in [6.45, 7) is 2.10. The molecular weight excluding hydrogens is 427 g/mol. The molecule has 1 saturated carbocycles. The van der Waals surface area contributed by atoms with Gasteiger partial charge in [0.25, 0.3) is 10.0 Å². The molecule has 7 heteroatoms. The number of aromatic nitrogens is 1. The van der Waals surface area contributed by atoms with Crippen molar-refractivity contribution < 1.29 is 17.5 Å². The van der Waals surface area contributed by atoms with E-state index in [1.165, 1.54) is 10.0 Å². The zero-order valence-electron chi connectivity index (χ0n) is 18.0. The maximum absolute atomic E-state index is 14.6. The number of nitrogens with one attached hydrogen (secondary N) is 1. The van der Waals surface area contributed by atoms with Crippen LogP contribution in [0.3, 0.4) is 0 Å². The Morgan fingerprint density at radius 3 is 2.53 bits per heavy atom. The quantitative estimate of drug-likeness (QED) is 0.600. The fourth-order valence-electron chi connectivity index (χ4n) is 5.17. The smallest absolute Gasteiger partial charge is 0.268 e. The Morgan fingerprint density at radius 2 is 1.81 bits per heavy atom. The molecule has 2 aromatic carbocycles. The Morgan fingerprint density at radius 1 is 1.06 bits per heavy atom. The number of ether oxygens (including phenoxy) is 1. The normalized spacial score (nSPS) is 22.9. The zero-order chi connectivity index (χ0) is 22.3. The lowest BCUT2D eigenvalue weighted by Gasteiger charge is -2.15. The van der Waals surface area contributed by atoms with Crippen LogP contribution in [-0.2, 0) is 21.3 Å². The lowest BCUT2D eigenvalue weighted by molar-refractivity contribution is 0.171. The highest BCUT2D eigenvalue weighted by atomic mass is 32.2. The maximum atomic E-state index is 14.6. The molecule has 2 fully saturated rings. The van der Waals surface area contributed by atoms with Crippen molar-refractivity contribution in [2.45, 2.75) is 30.2 Å². The minimum absolute atomic E-state index is 0.229. The van der Waals surface area contributed by atoms with E-state index in [0.29, 0.717) is 30.0 Å². The van der Waals surface area contributed by atoms with Gasteiger partial charge in [0, 0.05) is 31.5 Å². The average molecular weight is 455 g/mol. The Balaban J connectivity index is 1.54. The number of hydrogen-bond donors (Lipinski definition) is 1. The molecule has 5 nitrogen and oxygen atoms in total. The van der Waals surface area contributed by atoms with Crippen LogP contribution >= 0.6 is 0 Å². The van der Waals surface area contributed by atoms with E-state index in [2.05, 4.69) is 5.32 Å². The van der Waals surface area contributed by atoms with Crippen molar-refractivity contribution in [3.63, 3.8) is 0 Å². The first-order valence-electron chi connectivity index (χ1n) is 11.0. The molecule has 1 aliphatic heterocycles. The van der Waals surface area contributed by atoms with Crippen molar-refractivity contribution in [3.8, 4) is 11.3 Å². The van der Waals surface area contributed by atoms with E-state index in [-0.39, 0.29) is 10.5 Å². The van der Waals surface area contributed by atoms with Gasteiger partial charge in [-0.3, -0.25) is 0 Å². The molecule has 2 aliphatic rings. The van der Waals surface area contributed by atoms with Crippen LogP contribution in [0.1, 0.15) is 29.9 Å². The van der Waals surface area contributed by atoms with Gasteiger partial charge in [-0.2, -0.15) is 0 Å². The molecule has 168 valence electrons. The molecule has 0 amide bonds. The van der Waals surface area contributed by atoms with Crippen molar-refractivity contribution in [3.05, 3.63) is 77.7 Å². The molecule has 0 radical (unpaired) electrons. The first-order chi connectivity index (χ1) is 15.5. The van der Waals surface area contributed by atoms with Crippen molar-refractivity contribution in [2.24, 2.45) is 11.8 Å². The molecule has 32 heavy (non-hydrogen) atoms. The molecule has 2 atom stereocenters. The predicted molar refractivity (Wildman–Crippen MR) is 121 cm³/mol. The summed E-state index contributed by atoms with van der Waals surface area (Å²) in [5, 5.41) is 3.04. The molecule has 3 aromatic rings. The summed E-state index contributed by atoms with van der Waals surface area (Å²) in [5.41, 5.74) is 2.41. The third-order valence-electron chi connectivity index (χ3n) is 6.76. The Kier molecular flexibility index (Phi) is 5.65. The monoisotopic (exact) mass is 454 g/mol. The zero-order valence-corrected chi connectivity index (χ0v) is 18.8. The molecule has 1 N–H and O–H groups in total. The minimum Gasteiger partial charge on any atom is -0.381 e. The van der Waals surface area contributed by atoms with E-state index >= 15 is 0 Å². The summed E-state index contributed by atoms with van der Waals surface area (Å²) in [6, 6.07) is 15.2. The van der Waals surface area contributed by atoms with E-state index in [1.54, 1.807) is 49.6 Å². The summed E-state index contributed by atoms with van der Waals surface area (Å²) < 4.78 is 48.8. The summed E-state index contributed by atoms with van der Waals surface area (Å²) in [5.74, 6) is 1.04. The highest BCUT2D eigenvalue weighted by Crippen LogP contribution is 2.45. The molecule has 5 rings (SSSR count). The van der Waals surface area contributed by atoms with E-state index in [9.17, 15) is 12.8 Å². The largest absolute Gasteiger partial charge is 0.381 e. The van der Waals surface area contributed by atoms with Gasteiger partial charge in [-0.25, -0.2) is 16.8 Å². The summed E-state index contributed by atoms with van der Waals surface area (Å²) in [7, 11) is -2.11. The van der Waals surface area contributed by atoms with Crippen LogP contribution in [0, 0.1) is 17.7 Å². The van der Waals surface area contributed by atoms with E-state index < -0.39 is 15.8 Å². The average Bonchev–Trinajstić information content (AvgIpc) is 3.49. The lowest BCUT2D eigenvalue weighted by atomic mass is 9.96. The second-order valence-electron chi connectivity index (χ2n) is 8.84. The van der Waals surface area contributed by atoms with Gasteiger partial charge in [-0.05, 0) is 79.1 Å². The number of rotatable bonds is 6. The van der Waals surface area contributed by atoms with Crippen LogP contribution in [0.4, 0.5) is 4.39 Å². The maximum Gasteiger partial charge on any atom is 0.268 e. The van der Waals surface area contributed by atoms with Crippen LogP contribution in [0.25, 0.3) is 11.3 Å². The van der Waals surface area contributed by atoms with Gasteiger partial charge >= 0.3 is 0 Å². The van der Waals surface area contributed by atoms with E-state index in [1.807, 2.05) is 12.1 Å². The molecule has 1 saturated heterocycles. The topological polar surface area (TPSA) is 60.3 Å². The fourth-order valence-corrected chi connectivity index (χ4v) is 6.61. The van der Waals surface area contributed by atoms with Crippen molar-refractivity contribution in [2.75, 3.05) is 20.3 Å². The standard InChI is InChI=1S/C25H27FN2O3S/c1-27-13-17-9-25(23-7-2-3-8-24(23)26)28(14-17)32(29,30)22-6-4-5-18(12-22)19-10-20-15-31-16-21(20)11-19/h2-9,12,14,19-21,27H,10-11,13,15-16H2,1H3. The van der Waals surface area contributed by atoms with Gasteiger partial charge in [0.2, 0.25) is 0 Å². The van der Waals surface area contributed by atoms with Gasteiger partial charge in [-0.1, -0.05) is 24.3 Å². The highest BCUT2D eigenvalue weighted by Gasteiger charge is 2.39. The first-order valence-corrected chi connectivity index (χ1v) is 12.5. The van der Waals surface area contributed by atoms with E-state index in [0.717, 1.165) is 37.2 Å². The van der Waals surface area contributed by atoms with Crippen molar-refractivity contribution >= 4 is 10.0 Å². The Hall–Kier alpha value is -2.48. The SMILES string of the molecule is CNCc1cc(-c2ccccc2F)n(S(=O)(=O)c2cccc(C3CC4COCC4C3)c2)c1. The van der Waals surface area contributed by atoms with Crippen LogP contribution in [0.15, 0.2) is 65.7 Å². The van der Waals surface area contributed by atoms with Crippen LogP contribution in [-0.4, -0.2) is 32.7 Å². The summed E-state index contributed by atoms with van der Waals surface area (Å²) in [4.78, 5) is 0.229. The van der Waals surface area contributed by atoms with Gasteiger partial charge in [0.15, 0.2) is 0 Å². The molecule has 0 spiro atoms. The summed E-state index contributed by atoms with van der Waals surface area (Å²) in [6.07, 6.45) is 3.65. The Labute approximate surface area is 188 Å². The molecular formula is C25H27FN2O3S. The van der Waals surface area contributed by atoms with Gasteiger partial charge < -0.3 is 10.1 Å². The van der Waals surface area contributed by atoms with Crippen molar-refractivity contribution in [1.29, 1.82) is 0 Å². The van der Waals surface area contributed by atoms with Gasteiger partial charge in [0.05, 0.1) is 10.6 Å². The summed E-state index contributed by atoms with van der Waals surface area (Å²) >= 11 is 0. The third-order valence-corrected chi connectivity index (χ3v) is 8.43. The number of hydrogen-bond acceptors (Lipinski definition) is 4. The molecule has 0 bridgehead atoms. The fraction of sp³-hybridized carbons (Fsp3) is 0.360.